The molecule has 0 rings (SSSR count). The molecule has 0 aromatic heterocycles. The Balaban J connectivity index is 3.02. The molecule has 0 amide bonds. The zero-order valence-electron chi connectivity index (χ0n) is 22.4. The van der Waals surface area contributed by atoms with E-state index in [0.717, 1.165) is 0 Å². The molecule has 0 heterocycles. The minimum Gasteiger partial charge on any atom is -0.0654 e. The smallest absolute Gasteiger partial charge is 0.0414 e. The molecule has 1 atom stereocenters. The molecule has 1 radical (unpaired) electrons. The zero-order valence-corrected chi connectivity index (χ0v) is 22.4. The van der Waals surface area contributed by atoms with Crippen molar-refractivity contribution in [3.8, 4) is 0 Å². The Kier molecular flexibility index (Phi) is 28.0. The molecule has 0 N–H and O–H groups in total. The summed E-state index contributed by atoms with van der Waals surface area (Å²) < 4.78 is 0. The Morgan fingerprint density at radius 2 is 0.581 bits per heavy atom. The summed E-state index contributed by atoms with van der Waals surface area (Å²) in [5, 5.41) is 0. The Bertz CT molecular complexity index is 294. The van der Waals surface area contributed by atoms with Crippen LogP contribution in [0, 0.1) is 12.8 Å². The molecule has 0 saturated heterocycles. The highest BCUT2D eigenvalue weighted by Crippen LogP contribution is 2.17. The van der Waals surface area contributed by atoms with Gasteiger partial charge in [0, 0.05) is 0 Å². The van der Waals surface area contributed by atoms with Crippen LogP contribution in [0.15, 0.2) is 0 Å². The van der Waals surface area contributed by atoms with Crippen LogP contribution >= 0.6 is 0 Å². The molecule has 0 aromatic rings. The second kappa shape index (κ2) is 28.0. The summed E-state index contributed by atoms with van der Waals surface area (Å²) >= 11 is 0. The highest BCUT2D eigenvalue weighted by atomic mass is 14.1. The molecule has 0 aliphatic rings. The van der Waals surface area contributed by atoms with E-state index in [1.165, 1.54) is 173 Å². The zero-order chi connectivity index (χ0) is 22.7. The molecule has 31 heavy (non-hydrogen) atoms. The molecule has 0 heteroatoms. The Labute approximate surface area is 200 Å². The van der Waals surface area contributed by atoms with Crippen molar-refractivity contribution in [2.75, 3.05) is 0 Å². The van der Waals surface area contributed by atoms with Crippen LogP contribution in [-0.4, -0.2) is 0 Å². The van der Waals surface area contributed by atoms with Gasteiger partial charge in [-0.15, -0.1) is 0 Å². The third-order valence-corrected chi connectivity index (χ3v) is 7.16. The van der Waals surface area contributed by atoms with Gasteiger partial charge in [-0.3, -0.25) is 0 Å². The molecule has 187 valence electrons. The first-order valence-electron chi connectivity index (χ1n) is 15.1. The molecule has 1 unspecified atom stereocenters. The van der Waals surface area contributed by atoms with E-state index in [2.05, 4.69) is 20.8 Å². The molecular formula is C31H63. The lowest BCUT2D eigenvalue weighted by Gasteiger charge is -2.09. The Hall–Kier alpha value is 0. The van der Waals surface area contributed by atoms with Crippen LogP contribution in [0.4, 0.5) is 0 Å². The maximum atomic E-state index is 4.26. The van der Waals surface area contributed by atoms with Gasteiger partial charge in [0.05, 0.1) is 0 Å². The van der Waals surface area contributed by atoms with Gasteiger partial charge in [0.15, 0.2) is 0 Å². The van der Waals surface area contributed by atoms with Crippen molar-refractivity contribution in [2.45, 2.75) is 187 Å². The maximum Gasteiger partial charge on any atom is -0.0414 e. The fourth-order valence-corrected chi connectivity index (χ4v) is 4.95. The van der Waals surface area contributed by atoms with Gasteiger partial charge in [-0.1, -0.05) is 194 Å². The van der Waals surface area contributed by atoms with Crippen LogP contribution in [0.1, 0.15) is 187 Å². The molecule has 0 aromatic carbocycles. The predicted octanol–water partition coefficient (Wildman–Crippen LogP) is 12.0. The summed E-state index contributed by atoms with van der Waals surface area (Å²) in [5.74, 6) is 0.713. The minimum atomic E-state index is 0.713. The van der Waals surface area contributed by atoms with Crippen molar-refractivity contribution >= 4 is 0 Å². The Morgan fingerprint density at radius 3 is 0.839 bits per heavy atom. The molecule has 0 saturated carbocycles. The largest absolute Gasteiger partial charge is 0.0654 e. The van der Waals surface area contributed by atoms with Crippen LogP contribution in [-0.2, 0) is 0 Å². The van der Waals surface area contributed by atoms with Crippen molar-refractivity contribution < 1.29 is 0 Å². The van der Waals surface area contributed by atoms with Gasteiger partial charge < -0.3 is 0 Å². The second-order valence-electron chi connectivity index (χ2n) is 10.6. The molecule has 0 aliphatic carbocycles. The predicted molar refractivity (Wildman–Crippen MR) is 145 cm³/mol. The second-order valence-corrected chi connectivity index (χ2v) is 10.6. The number of rotatable bonds is 27. The molecule has 0 bridgehead atoms. The van der Waals surface area contributed by atoms with Gasteiger partial charge in [0.25, 0.3) is 0 Å². The van der Waals surface area contributed by atoms with Gasteiger partial charge in [-0.25, -0.2) is 0 Å². The fraction of sp³-hybridized carbons (Fsp3) is 0.968. The summed E-state index contributed by atoms with van der Waals surface area (Å²) in [5.41, 5.74) is 0. The first kappa shape index (κ1) is 31.0. The lowest BCUT2D eigenvalue weighted by atomic mass is 9.98. The molecule has 0 nitrogen and oxygen atoms in total. The summed E-state index contributed by atoms with van der Waals surface area (Å²) in [6, 6.07) is 0. The average Bonchev–Trinajstić information content (AvgIpc) is 2.77. The third kappa shape index (κ3) is 28.0. The van der Waals surface area contributed by atoms with Crippen molar-refractivity contribution in [1.29, 1.82) is 0 Å². The van der Waals surface area contributed by atoms with Gasteiger partial charge >= 0.3 is 0 Å². The van der Waals surface area contributed by atoms with E-state index in [0.29, 0.717) is 5.92 Å². The first-order valence-corrected chi connectivity index (χ1v) is 15.1. The maximum absolute atomic E-state index is 4.26. The van der Waals surface area contributed by atoms with E-state index in [4.69, 9.17) is 0 Å². The van der Waals surface area contributed by atoms with Crippen molar-refractivity contribution in [3.63, 3.8) is 0 Å². The summed E-state index contributed by atoms with van der Waals surface area (Å²) in [7, 11) is 0. The van der Waals surface area contributed by atoms with E-state index < -0.39 is 0 Å². The highest BCUT2D eigenvalue weighted by molar-refractivity contribution is 4.60. The lowest BCUT2D eigenvalue weighted by Crippen LogP contribution is -1.94. The Morgan fingerprint density at radius 1 is 0.323 bits per heavy atom. The first-order chi connectivity index (χ1) is 15.3. The van der Waals surface area contributed by atoms with E-state index >= 15 is 0 Å². The highest BCUT2D eigenvalue weighted by Gasteiger charge is 2.00. The van der Waals surface area contributed by atoms with E-state index in [1.54, 1.807) is 0 Å². The standard InChI is InChI=1S/C31H63/c1-4-6-7-8-9-10-11-12-13-14-15-16-17-18-19-20-21-22-23-24-25-26-27-28-30-31(3)29-5-2/h31H,3-30H2,1-2H3. The van der Waals surface area contributed by atoms with E-state index in [1.807, 2.05) is 0 Å². The van der Waals surface area contributed by atoms with Crippen molar-refractivity contribution in [1.82, 2.24) is 0 Å². The monoisotopic (exact) mass is 435 g/mol. The number of hydrogen-bond acceptors (Lipinski definition) is 0. The van der Waals surface area contributed by atoms with Crippen LogP contribution in [0.5, 0.6) is 0 Å². The van der Waals surface area contributed by atoms with Crippen molar-refractivity contribution in [3.05, 3.63) is 6.92 Å². The molecule has 0 spiro atoms. The van der Waals surface area contributed by atoms with E-state index in [-0.39, 0.29) is 0 Å². The van der Waals surface area contributed by atoms with Crippen molar-refractivity contribution in [2.24, 2.45) is 5.92 Å². The van der Waals surface area contributed by atoms with Gasteiger partial charge in [-0.05, 0) is 5.92 Å². The minimum absolute atomic E-state index is 0.713. The summed E-state index contributed by atoms with van der Waals surface area (Å²) in [6.45, 7) is 8.84. The van der Waals surface area contributed by atoms with Crippen LogP contribution < -0.4 is 0 Å². The quantitative estimate of drug-likeness (QED) is 0.112. The van der Waals surface area contributed by atoms with Crippen LogP contribution in [0.25, 0.3) is 0 Å². The van der Waals surface area contributed by atoms with E-state index in [9.17, 15) is 0 Å². The molecule has 0 aliphatic heterocycles. The number of hydrogen-bond donors (Lipinski definition) is 0. The van der Waals surface area contributed by atoms with Gasteiger partial charge in [-0.2, -0.15) is 0 Å². The van der Waals surface area contributed by atoms with Crippen LogP contribution in [0.3, 0.4) is 0 Å². The topological polar surface area (TPSA) is 0 Å². The third-order valence-electron chi connectivity index (χ3n) is 7.16. The van der Waals surface area contributed by atoms with Gasteiger partial charge in [0.2, 0.25) is 0 Å². The SMILES string of the molecule is [CH2]C(CCC)CCCCCCCCCCCCCCCCCCCCCCCCCC. The summed E-state index contributed by atoms with van der Waals surface area (Å²) in [6.07, 6.45) is 39.3. The summed E-state index contributed by atoms with van der Waals surface area (Å²) in [4.78, 5) is 0. The number of unbranched alkanes of at least 4 members (excludes halogenated alkanes) is 23. The normalized spacial score (nSPS) is 12.5. The lowest BCUT2D eigenvalue weighted by molar-refractivity contribution is 0.481. The fourth-order valence-electron chi connectivity index (χ4n) is 4.95. The van der Waals surface area contributed by atoms with Gasteiger partial charge in [0.1, 0.15) is 0 Å². The van der Waals surface area contributed by atoms with Crippen LogP contribution in [0.2, 0.25) is 0 Å². The average molecular weight is 436 g/mol. The molecule has 0 fully saturated rings. The molecular weight excluding hydrogens is 372 g/mol.